The van der Waals surface area contributed by atoms with Crippen molar-refractivity contribution < 1.29 is 38.5 Å². The molecule has 0 spiro atoms. The Morgan fingerprint density at radius 3 is 2.21 bits per heavy atom. The highest BCUT2D eigenvalue weighted by Gasteiger charge is 2.40. The first-order valence-electron chi connectivity index (χ1n) is 12.5. The molecule has 3 aromatic rings. The number of hydrogen-bond donors (Lipinski definition) is 2. The summed E-state index contributed by atoms with van der Waals surface area (Å²) >= 11 is 0. The van der Waals surface area contributed by atoms with E-state index in [9.17, 15) is 19.5 Å². The molecule has 0 saturated heterocycles. The van der Waals surface area contributed by atoms with Gasteiger partial charge in [0.2, 0.25) is 12.3 Å². The zero-order valence-corrected chi connectivity index (χ0v) is 22.4. The van der Waals surface area contributed by atoms with Crippen molar-refractivity contribution in [3.8, 4) is 16.9 Å². The number of aromatic nitrogens is 2. The summed E-state index contributed by atoms with van der Waals surface area (Å²) in [6.45, 7) is 5.34. The molecule has 206 valence electrons. The van der Waals surface area contributed by atoms with E-state index in [1.165, 1.54) is 12.1 Å². The number of amides is 2. The monoisotopic (exact) mass is 537 g/mol. The van der Waals surface area contributed by atoms with Gasteiger partial charge in [0.25, 0.3) is 11.8 Å². The molecule has 0 bridgehead atoms. The number of fused-ring (bicyclic) bond motifs is 1. The first kappa shape index (κ1) is 28.0. The van der Waals surface area contributed by atoms with Gasteiger partial charge in [-0.1, -0.05) is 24.3 Å². The van der Waals surface area contributed by atoms with Crippen LogP contribution in [0, 0.1) is 0 Å². The maximum Gasteiger partial charge on any atom is 0.342 e. The normalized spacial score (nSPS) is 14.8. The number of nitrogens with zero attached hydrogens (tertiary/aromatic N) is 3. The van der Waals surface area contributed by atoms with Crippen molar-refractivity contribution in [3.05, 3.63) is 72.1 Å². The molecule has 0 radical (unpaired) electrons. The maximum atomic E-state index is 12.9. The summed E-state index contributed by atoms with van der Waals surface area (Å²) in [6, 6.07) is 13.5. The van der Waals surface area contributed by atoms with Crippen LogP contribution >= 0.6 is 0 Å². The molecule has 4 rings (SSSR count). The van der Waals surface area contributed by atoms with Crippen molar-refractivity contribution >= 4 is 17.8 Å². The van der Waals surface area contributed by atoms with Gasteiger partial charge in [0, 0.05) is 6.54 Å². The van der Waals surface area contributed by atoms with Crippen LogP contribution in [0.5, 0.6) is 5.75 Å². The van der Waals surface area contributed by atoms with E-state index in [-0.39, 0.29) is 24.3 Å². The Bertz CT molecular complexity index is 1330. The number of nitrogens with two attached hydrogens (primary N) is 1. The molecule has 39 heavy (non-hydrogen) atoms. The second-order valence-electron chi connectivity index (χ2n) is 10.2. The number of ether oxygens (including phenoxy) is 2. The van der Waals surface area contributed by atoms with Crippen molar-refractivity contribution in [2.24, 2.45) is 12.8 Å². The number of aryl methyl sites for hydroxylation is 1. The molecule has 1 aliphatic rings. The van der Waals surface area contributed by atoms with Crippen LogP contribution in [0.25, 0.3) is 11.1 Å². The molecule has 0 saturated carbocycles. The fourth-order valence-corrected chi connectivity index (χ4v) is 4.00. The third-order valence-electron chi connectivity index (χ3n) is 5.94. The van der Waals surface area contributed by atoms with Crippen molar-refractivity contribution in [2.75, 3.05) is 13.2 Å². The van der Waals surface area contributed by atoms with Gasteiger partial charge in [-0.3, -0.25) is 9.59 Å². The van der Waals surface area contributed by atoms with Gasteiger partial charge in [-0.05, 0) is 50.6 Å². The average molecular weight is 538 g/mol. The number of esters is 1. The van der Waals surface area contributed by atoms with E-state index in [4.69, 9.17) is 20.0 Å². The maximum absolute atomic E-state index is 12.9. The fourth-order valence-electron chi connectivity index (χ4n) is 4.00. The van der Waals surface area contributed by atoms with Gasteiger partial charge in [-0.25, -0.2) is 9.63 Å². The lowest BCUT2D eigenvalue weighted by Gasteiger charge is -2.26. The smallest absolute Gasteiger partial charge is 0.342 e. The molecular weight excluding hydrogens is 504 g/mol. The van der Waals surface area contributed by atoms with Gasteiger partial charge in [0.05, 0.1) is 29.0 Å². The predicted octanol–water partition coefficient (Wildman–Crippen LogP) is 1.62. The summed E-state index contributed by atoms with van der Waals surface area (Å²) in [4.78, 5) is 44.0. The molecule has 2 heterocycles. The number of hydroxylamine groups is 2. The summed E-state index contributed by atoms with van der Waals surface area (Å²) < 4.78 is 15.0. The summed E-state index contributed by atoms with van der Waals surface area (Å²) in [5.41, 5.74) is 6.92. The molecule has 11 heteroatoms. The van der Waals surface area contributed by atoms with E-state index in [1.807, 2.05) is 40.9 Å². The highest BCUT2D eigenvalue weighted by Crippen LogP contribution is 2.25. The first-order chi connectivity index (χ1) is 18.5. The summed E-state index contributed by atoms with van der Waals surface area (Å²) in [5.74, 6) is -1.65. The number of aliphatic hydroxyl groups is 1. The number of rotatable bonds is 10. The van der Waals surface area contributed by atoms with Crippen LogP contribution in [0.4, 0.5) is 0 Å². The number of hydrogen-bond acceptors (Lipinski definition) is 8. The molecule has 0 aliphatic carbocycles. The highest BCUT2D eigenvalue weighted by atomic mass is 16.7. The predicted molar refractivity (Wildman–Crippen MR) is 139 cm³/mol. The van der Waals surface area contributed by atoms with Crippen molar-refractivity contribution in [3.63, 3.8) is 0 Å². The third-order valence-corrected chi connectivity index (χ3v) is 5.94. The van der Waals surface area contributed by atoms with E-state index >= 15 is 0 Å². The minimum Gasteiger partial charge on any atom is -0.490 e. The Morgan fingerprint density at radius 2 is 1.64 bits per heavy atom. The van der Waals surface area contributed by atoms with Crippen LogP contribution in [0.3, 0.4) is 0 Å². The molecule has 2 atom stereocenters. The van der Waals surface area contributed by atoms with Gasteiger partial charge in [-0.15, -0.1) is 9.75 Å². The van der Waals surface area contributed by atoms with E-state index < -0.39 is 35.6 Å². The molecule has 0 fully saturated rings. The molecule has 3 N–H and O–H groups in total. The lowest BCUT2D eigenvalue weighted by atomic mass is 10.1. The number of carbonyl (C=O) groups is 3. The van der Waals surface area contributed by atoms with Crippen LogP contribution in [0.1, 0.15) is 41.5 Å². The SMILES string of the molecule is C[n+]1cc(-c2ccc(OCC(ON3C(=O)c4ccccc4C3=O)C(=O)OC(C)(C)C)cc2)cn1CC(O)CN. The first-order valence-corrected chi connectivity index (χ1v) is 12.5. The zero-order valence-electron chi connectivity index (χ0n) is 22.4. The number of carbonyl (C=O) groups excluding carboxylic acids is 3. The van der Waals surface area contributed by atoms with Crippen molar-refractivity contribution in [1.29, 1.82) is 0 Å². The zero-order chi connectivity index (χ0) is 28.3. The van der Waals surface area contributed by atoms with Crippen LogP contribution in [0.15, 0.2) is 60.9 Å². The van der Waals surface area contributed by atoms with E-state index in [1.54, 1.807) is 45.0 Å². The molecule has 1 aromatic heterocycles. The van der Waals surface area contributed by atoms with Gasteiger partial charge in [0.1, 0.15) is 24.5 Å². The Kier molecular flexibility index (Phi) is 8.14. The van der Waals surface area contributed by atoms with E-state index in [0.29, 0.717) is 17.4 Å². The summed E-state index contributed by atoms with van der Waals surface area (Å²) in [6.07, 6.45) is 1.80. The molecule has 2 aromatic carbocycles. The number of imide groups is 1. The third kappa shape index (κ3) is 6.51. The summed E-state index contributed by atoms with van der Waals surface area (Å²) in [5, 5.41) is 10.4. The van der Waals surface area contributed by atoms with Crippen LogP contribution in [-0.4, -0.2) is 63.6 Å². The van der Waals surface area contributed by atoms with Crippen LogP contribution in [0.2, 0.25) is 0 Å². The standard InChI is InChI=1S/C28H33N4O7/c1-28(2,3)38-27(36)24(39-32-25(34)22-7-5-6-8-23(22)26(32)35)17-37-21-11-9-18(10-12-21)19-14-30(4)31(15-19)16-20(33)13-29/h5-12,14-15,20,24,33H,13,16-17,29H2,1-4H3/q+1. The highest BCUT2D eigenvalue weighted by molar-refractivity contribution is 6.20. The lowest BCUT2D eigenvalue weighted by Crippen LogP contribution is -2.43. The van der Waals surface area contributed by atoms with Gasteiger partial charge >= 0.3 is 5.97 Å². The Labute approximate surface area is 226 Å². The summed E-state index contributed by atoms with van der Waals surface area (Å²) in [7, 11) is 1.87. The Morgan fingerprint density at radius 1 is 1.03 bits per heavy atom. The Hall–Kier alpha value is -4.06. The van der Waals surface area contributed by atoms with Crippen LogP contribution in [-0.2, 0) is 28.0 Å². The second-order valence-corrected chi connectivity index (χ2v) is 10.2. The van der Waals surface area contributed by atoms with Crippen molar-refractivity contribution in [2.45, 2.75) is 45.1 Å². The second kappa shape index (κ2) is 11.4. The molecular formula is C28H33N4O7+. The van der Waals surface area contributed by atoms with E-state index in [0.717, 1.165) is 11.1 Å². The number of benzene rings is 2. The Balaban J connectivity index is 1.46. The van der Waals surface area contributed by atoms with Gasteiger partial charge in [0.15, 0.2) is 7.05 Å². The molecule has 11 nitrogen and oxygen atoms in total. The quantitative estimate of drug-likeness (QED) is 0.226. The minimum absolute atomic E-state index is 0.167. The largest absolute Gasteiger partial charge is 0.490 e. The minimum atomic E-state index is -1.38. The van der Waals surface area contributed by atoms with Crippen molar-refractivity contribution in [1.82, 2.24) is 9.75 Å². The van der Waals surface area contributed by atoms with Gasteiger partial charge in [-0.2, -0.15) is 4.68 Å². The van der Waals surface area contributed by atoms with Crippen LogP contribution < -0.4 is 15.2 Å². The van der Waals surface area contributed by atoms with E-state index in [2.05, 4.69) is 0 Å². The van der Waals surface area contributed by atoms with Gasteiger partial charge < -0.3 is 20.3 Å². The molecule has 2 amide bonds. The number of aliphatic hydroxyl groups excluding tert-OH is 1. The lowest BCUT2D eigenvalue weighted by molar-refractivity contribution is -0.754. The average Bonchev–Trinajstić information content (AvgIpc) is 3.37. The molecule has 1 aliphatic heterocycles. The topological polar surface area (TPSA) is 137 Å². The fraction of sp³-hybridized carbons (Fsp3) is 0.357. The molecule has 2 unspecified atom stereocenters.